The van der Waals surface area contributed by atoms with Crippen LogP contribution >= 0.6 is 0 Å². The number of rotatable bonds is 6. The van der Waals surface area contributed by atoms with Crippen molar-refractivity contribution < 1.29 is 19.1 Å². The first-order valence-corrected chi connectivity index (χ1v) is 9.09. The summed E-state index contributed by atoms with van der Waals surface area (Å²) < 4.78 is 5.51. The zero-order chi connectivity index (χ0) is 20.1. The highest BCUT2D eigenvalue weighted by Gasteiger charge is 2.21. The number of carbonyl (C=O) groups excluding carboxylic acids is 3. The second kappa shape index (κ2) is 8.56. The Labute approximate surface area is 163 Å². The highest BCUT2D eigenvalue weighted by atomic mass is 16.5. The number of benzene rings is 2. The van der Waals surface area contributed by atoms with Gasteiger partial charge in [0.2, 0.25) is 5.91 Å². The molecule has 0 unspecified atom stereocenters. The third kappa shape index (κ3) is 4.68. The molecule has 1 N–H and O–H groups in total. The molecule has 0 aromatic heterocycles. The number of ether oxygens (including phenoxy) is 1. The smallest absolute Gasteiger partial charge is 0.262 e. The van der Waals surface area contributed by atoms with Gasteiger partial charge >= 0.3 is 0 Å². The predicted molar refractivity (Wildman–Crippen MR) is 107 cm³/mol. The Balaban J connectivity index is 1.54. The van der Waals surface area contributed by atoms with Crippen molar-refractivity contribution in [1.82, 2.24) is 4.90 Å². The summed E-state index contributed by atoms with van der Waals surface area (Å²) >= 11 is 0. The van der Waals surface area contributed by atoms with E-state index in [-0.39, 0.29) is 24.3 Å². The monoisotopic (exact) mass is 381 g/mol. The number of nitrogens with zero attached hydrogens (tertiary/aromatic N) is 2. The Bertz CT molecular complexity index is 877. The van der Waals surface area contributed by atoms with Gasteiger partial charge < -0.3 is 19.9 Å². The Morgan fingerprint density at radius 1 is 1.14 bits per heavy atom. The molecule has 0 spiro atoms. The number of carbonyl (C=O) groups is 3. The molecule has 0 bridgehead atoms. The molecule has 0 atom stereocenters. The highest BCUT2D eigenvalue weighted by Crippen LogP contribution is 2.24. The van der Waals surface area contributed by atoms with Gasteiger partial charge in [0.25, 0.3) is 11.8 Å². The summed E-state index contributed by atoms with van der Waals surface area (Å²) in [5.74, 6) is 0.210. The molecule has 1 heterocycles. The molecule has 0 radical (unpaired) electrons. The van der Waals surface area contributed by atoms with Crippen LogP contribution in [0.1, 0.15) is 23.2 Å². The molecule has 146 valence electrons. The molecule has 1 aliphatic rings. The number of nitrogens with one attached hydrogen (secondary N) is 1. The molecule has 1 saturated heterocycles. The van der Waals surface area contributed by atoms with E-state index >= 15 is 0 Å². The van der Waals surface area contributed by atoms with E-state index in [2.05, 4.69) is 5.32 Å². The topological polar surface area (TPSA) is 79.0 Å². The summed E-state index contributed by atoms with van der Waals surface area (Å²) in [4.78, 5) is 39.1. The van der Waals surface area contributed by atoms with Crippen LogP contribution in [0.2, 0.25) is 0 Å². The number of hydrogen-bond acceptors (Lipinski definition) is 4. The number of amides is 3. The summed E-state index contributed by atoms with van der Waals surface area (Å²) in [7, 11) is 3.35. The minimum atomic E-state index is -0.326. The minimum absolute atomic E-state index is 0.128. The van der Waals surface area contributed by atoms with Gasteiger partial charge in [-0.3, -0.25) is 14.4 Å². The maximum absolute atomic E-state index is 12.1. The van der Waals surface area contributed by atoms with E-state index in [4.69, 9.17) is 4.74 Å². The van der Waals surface area contributed by atoms with Crippen LogP contribution in [0.5, 0.6) is 5.75 Å². The first kappa shape index (κ1) is 19.4. The lowest BCUT2D eigenvalue weighted by atomic mass is 10.2. The second-order valence-corrected chi connectivity index (χ2v) is 6.76. The summed E-state index contributed by atoms with van der Waals surface area (Å²) in [6.45, 7) is 0.574. The fraction of sp³-hybridized carbons (Fsp3) is 0.286. The van der Waals surface area contributed by atoms with Crippen LogP contribution in [0, 0.1) is 0 Å². The van der Waals surface area contributed by atoms with Crippen molar-refractivity contribution in [1.29, 1.82) is 0 Å². The van der Waals surface area contributed by atoms with E-state index in [0.29, 0.717) is 23.4 Å². The van der Waals surface area contributed by atoms with Crippen molar-refractivity contribution in [2.45, 2.75) is 12.8 Å². The lowest BCUT2D eigenvalue weighted by Crippen LogP contribution is -2.23. The minimum Gasteiger partial charge on any atom is -0.484 e. The zero-order valence-corrected chi connectivity index (χ0v) is 16.0. The van der Waals surface area contributed by atoms with Gasteiger partial charge in [0.1, 0.15) is 5.75 Å². The van der Waals surface area contributed by atoms with E-state index in [1.54, 1.807) is 55.4 Å². The van der Waals surface area contributed by atoms with E-state index in [9.17, 15) is 14.4 Å². The molecule has 7 heteroatoms. The van der Waals surface area contributed by atoms with Gasteiger partial charge in [-0.1, -0.05) is 6.07 Å². The highest BCUT2D eigenvalue weighted by molar-refractivity contribution is 5.97. The first-order chi connectivity index (χ1) is 13.4. The zero-order valence-electron chi connectivity index (χ0n) is 16.0. The normalized spacial score (nSPS) is 13.4. The van der Waals surface area contributed by atoms with Gasteiger partial charge in [0, 0.05) is 44.0 Å². The van der Waals surface area contributed by atoms with Crippen molar-refractivity contribution in [3.63, 3.8) is 0 Å². The SMILES string of the molecule is CN(C)C(=O)c1cccc(NC(=O)COc2ccc(N3CCCC3=O)cc2)c1. The Morgan fingerprint density at radius 3 is 2.54 bits per heavy atom. The summed E-state index contributed by atoms with van der Waals surface area (Å²) in [5.41, 5.74) is 1.86. The first-order valence-electron chi connectivity index (χ1n) is 9.09. The van der Waals surface area contributed by atoms with Gasteiger partial charge in [0.15, 0.2) is 6.61 Å². The van der Waals surface area contributed by atoms with E-state index in [1.165, 1.54) is 4.90 Å². The molecule has 3 amide bonds. The average Bonchev–Trinajstić information content (AvgIpc) is 3.12. The second-order valence-electron chi connectivity index (χ2n) is 6.76. The summed E-state index contributed by atoms with van der Waals surface area (Å²) in [5, 5.41) is 2.72. The third-order valence-electron chi connectivity index (χ3n) is 4.39. The molecule has 28 heavy (non-hydrogen) atoms. The molecule has 2 aromatic carbocycles. The fourth-order valence-electron chi connectivity index (χ4n) is 2.98. The van der Waals surface area contributed by atoms with Crippen LogP contribution in [0.4, 0.5) is 11.4 Å². The van der Waals surface area contributed by atoms with Gasteiger partial charge in [-0.05, 0) is 48.9 Å². The van der Waals surface area contributed by atoms with E-state index in [0.717, 1.165) is 18.7 Å². The van der Waals surface area contributed by atoms with Crippen molar-refractivity contribution in [3.05, 3.63) is 54.1 Å². The van der Waals surface area contributed by atoms with Crippen molar-refractivity contribution in [2.24, 2.45) is 0 Å². The lowest BCUT2D eigenvalue weighted by molar-refractivity contribution is -0.118. The van der Waals surface area contributed by atoms with Gasteiger partial charge in [-0.25, -0.2) is 0 Å². The average molecular weight is 381 g/mol. The Kier molecular flexibility index (Phi) is 5.93. The fourth-order valence-corrected chi connectivity index (χ4v) is 2.98. The van der Waals surface area contributed by atoms with Crippen molar-refractivity contribution in [3.8, 4) is 5.75 Å². The summed E-state index contributed by atoms with van der Waals surface area (Å²) in [6.07, 6.45) is 1.46. The van der Waals surface area contributed by atoms with Crippen LogP contribution in [-0.2, 0) is 9.59 Å². The number of anilines is 2. The maximum Gasteiger partial charge on any atom is 0.262 e. The Morgan fingerprint density at radius 2 is 1.89 bits per heavy atom. The molecular weight excluding hydrogens is 358 g/mol. The van der Waals surface area contributed by atoms with Gasteiger partial charge in [0.05, 0.1) is 0 Å². The van der Waals surface area contributed by atoms with Crippen molar-refractivity contribution in [2.75, 3.05) is 37.5 Å². The largest absolute Gasteiger partial charge is 0.484 e. The molecule has 1 fully saturated rings. The number of hydrogen-bond donors (Lipinski definition) is 1. The van der Waals surface area contributed by atoms with Crippen LogP contribution in [0.25, 0.3) is 0 Å². The Hall–Kier alpha value is -3.35. The molecule has 0 aliphatic carbocycles. The summed E-state index contributed by atoms with van der Waals surface area (Å²) in [6, 6.07) is 13.9. The van der Waals surface area contributed by atoms with Crippen LogP contribution < -0.4 is 15.0 Å². The molecule has 2 aromatic rings. The maximum atomic E-state index is 12.1. The molecule has 1 aliphatic heterocycles. The lowest BCUT2D eigenvalue weighted by Gasteiger charge is -2.16. The molecule has 0 saturated carbocycles. The van der Waals surface area contributed by atoms with Gasteiger partial charge in [-0.2, -0.15) is 0 Å². The molecule has 7 nitrogen and oxygen atoms in total. The van der Waals surface area contributed by atoms with Crippen LogP contribution in [0.15, 0.2) is 48.5 Å². The van der Waals surface area contributed by atoms with E-state index < -0.39 is 0 Å². The van der Waals surface area contributed by atoms with Crippen LogP contribution in [0.3, 0.4) is 0 Å². The molecule has 3 rings (SSSR count). The quantitative estimate of drug-likeness (QED) is 0.834. The van der Waals surface area contributed by atoms with Crippen LogP contribution in [-0.4, -0.2) is 49.9 Å². The molecular formula is C21H23N3O4. The van der Waals surface area contributed by atoms with Crippen molar-refractivity contribution >= 4 is 29.1 Å². The predicted octanol–water partition coefficient (Wildman–Crippen LogP) is 2.53. The third-order valence-corrected chi connectivity index (χ3v) is 4.39. The van der Waals surface area contributed by atoms with Gasteiger partial charge in [-0.15, -0.1) is 0 Å². The van der Waals surface area contributed by atoms with E-state index in [1.807, 2.05) is 12.1 Å². The standard InChI is InChI=1S/C21H23N3O4/c1-23(2)21(27)15-5-3-6-16(13-15)22-19(25)14-28-18-10-8-17(9-11-18)24-12-4-7-20(24)26/h3,5-6,8-11,13H,4,7,12,14H2,1-2H3,(H,22,25).